The monoisotopic (exact) mass is 622 g/mol. The van der Waals surface area contributed by atoms with E-state index in [1.807, 2.05) is 0 Å². The molecule has 0 radical (unpaired) electrons. The summed E-state index contributed by atoms with van der Waals surface area (Å²) in [7, 11) is 0. The molecule has 9 rings (SSSR count). The van der Waals surface area contributed by atoms with E-state index < -0.39 is 0 Å². The fourth-order valence-electron chi connectivity index (χ4n) is 7.97. The molecule has 0 unspecified atom stereocenters. The van der Waals surface area contributed by atoms with Crippen molar-refractivity contribution in [2.45, 2.75) is 6.92 Å². The van der Waals surface area contributed by atoms with Crippen molar-refractivity contribution in [1.82, 2.24) is 0 Å². The number of aryl methyl sites for hydroxylation is 1. The fourth-order valence-corrected chi connectivity index (χ4v) is 7.97. The summed E-state index contributed by atoms with van der Waals surface area (Å²) >= 11 is 0. The average molecular weight is 623 g/mol. The van der Waals surface area contributed by atoms with Crippen molar-refractivity contribution in [3.63, 3.8) is 0 Å². The number of fused-ring (bicyclic) bond motifs is 7. The van der Waals surface area contributed by atoms with Gasteiger partial charge in [0, 0.05) is 0 Å². The fraction of sp³-hybridized carbons (Fsp3) is 0.0204. The number of hydrogen-bond donors (Lipinski definition) is 0. The lowest BCUT2D eigenvalue weighted by atomic mass is 9.81. The van der Waals surface area contributed by atoms with Gasteiger partial charge < -0.3 is 0 Å². The Morgan fingerprint density at radius 1 is 0.429 bits per heavy atom. The first-order valence-electron chi connectivity index (χ1n) is 17.0. The minimum atomic E-state index is 1.01. The highest BCUT2D eigenvalue weighted by Crippen LogP contribution is 2.44. The molecule has 9 aromatic rings. The van der Waals surface area contributed by atoms with E-state index in [0.717, 1.165) is 5.22 Å². The van der Waals surface area contributed by atoms with Crippen LogP contribution in [0.2, 0.25) is 0 Å². The first-order valence-corrected chi connectivity index (χ1v) is 17.0. The molecule has 0 fully saturated rings. The van der Waals surface area contributed by atoms with E-state index in [0.29, 0.717) is 0 Å². The first kappa shape index (κ1) is 28.9. The molecule has 0 heterocycles. The predicted octanol–water partition coefficient (Wildman–Crippen LogP) is 11.6. The standard InChI is InChI=1S/C49H34/c1-32-28-29-35-18-9-10-23-39(35)46(32)49(38-22-15-21-37(30-38)34-16-5-3-6-17-34)45-31-44-42-26-12-11-24-40(42)41-25-13-14-27-43(41)48(44)33(2)47(45)36-19-7-4-8-20-36/h3-31H,1H2,2H3/b49-46+. The van der Waals surface area contributed by atoms with Gasteiger partial charge in [0.2, 0.25) is 0 Å². The van der Waals surface area contributed by atoms with Crippen molar-refractivity contribution in [2.75, 3.05) is 0 Å². The van der Waals surface area contributed by atoms with Crippen molar-refractivity contribution < 1.29 is 0 Å². The average Bonchev–Trinajstić information content (AvgIpc) is 3.16. The minimum absolute atomic E-state index is 1.01. The Bertz CT molecular complexity index is 2830. The summed E-state index contributed by atoms with van der Waals surface area (Å²) in [5, 5.41) is 12.3. The van der Waals surface area contributed by atoms with Crippen LogP contribution in [0, 0.1) is 6.92 Å². The zero-order chi connectivity index (χ0) is 32.9. The van der Waals surface area contributed by atoms with Crippen molar-refractivity contribution in [3.8, 4) is 22.3 Å². The van der Waals surface area contributed by atoms with Crippen molar-refractivity contribution in [3.05, 3.63) is 203 Å². The van der Waals surface area contributed by atoms with E-state index in [9.17, 15) is 0 Å². The molecule has 0 atom stereocenters. The Hall–Kier alpha value is -6.24. The largest absolute Gasteiger partial charge is 0.0911 e. The molecule has 0 aliphatic heterocycles. The van der Waals surface area contributed by atoms with Gasteiger partial charge in [-0.1, -0.05) is 170 Å². The van der Waals surface area contributed by atoms with Gasteiger partial charge in [0.1, 0.15) is 0 Å². The molecular formula is C49H34. The van der Waals surface area contributed by atoms with Gasteiger partial charge in [-0.2, -0.15) is 0 Å². The van der Waals surface area contributed by atoms with E-state index in [2.05, 4.69) is 189 Å². The van der Waals surface area contributed by atoms with E-state index in [4.69, 9.17) is 0 Å². The highest BCUT2D eigenvalue weighted by atomic mass is 14.2. The van der Waals surface area contributed by atoms with Crippen LogP contribution in [0.15, 0.2) is 176 Å². The molecule has 0 aliphatic carbocycles. The third-order valence-corrected chi connectivity index (χ3v) is 10.1. The Morgan fingerprint density at radius 3 is 1.69 bits per heavy atom. The maximum Gasteiger partial charge on any atom is -0.00200 e. The molecule has 49 heavy (non-hydrogen) atoms. The van der Waals surface area contributed by atoms with Crippen LogP contribution in [-0.4, -0.2) is 0 Å². The Labute approximate surface area is 286 Å². The summed E-state index contributed by atoms with van der Waals surface area (Å²) in [4.78, 5) is 0. The second-order valence-corrected chi connectivity index (χ2v) is 12.9. The van der Waals surface area contributed by atoms with Crippen LogP contribution in [0.1, 0.15) is 16.7 Å². The molecule has 230 valence electrons. The summed E-state index contributed by atoms with van der Waals surface area (Å²) in [5.41, 5.74) is 9.71. The van der Waals surface area contributed by atoms with Gasteiger partial charge in [-0.05, 0) is 117 Å². The third-order valence-electron chi connectivity index (χ3n) is 10.1. The molecule has 0 bridgehead atoms. The normalized spacial score (nSPS) is 12.2. The lowest BCUT2D eigenvalue weighted by Gasteiger charge is -2.22. The summed E-state index contributed by atoms with van der Waals surface area (Å²) < 4.78 is 0. The molecule has 0 spiro atoms. The molecule has 0 N–H and O–H groups in total. The van der Waals surface area contributed by atoms with E-state index >= 15 is 0 Å². The van der Waals surface area contributed by atoms with Gasteiger partial charge >= 0.3 is 0 Å². The van der Waals surface area contributed by atoms with Crippen LogP contribution in [0.4, 0.5) is 0 Å². The van der Waals surface area contributed by atoms with Gasteiger partial charge in [0.05, 0.1) is 0 Å². The van der Waals surface area contributed by atoms with Crippen molar-refractivity contribution in [2.24, 2.45) is 0 Å². The van der Waals surface area contributed by atoms with Crippen molar-refractivity contribution >= 4 is 55.2 Å². The van der Waals surface area contributed by atoms with E-state index in [-0.39, 0.29) is 0 Å². The number of rotatable bonds is 4. The maximum atomic E-state index is 4.68. The Kier molecular flexibility index (Phi) is 6.95. The third kappa shape index (κ3) is 4.76. The van der Waals surface area contributed by atoms with Gasteiger partial charge in [-0.25, -0.2) is 0 Å². The van der Waals surface area contributed by atoms with Crippen LogP contribution < -0.4 is 10.4 Å². The summed E-state index contributed by atoms with van der Waals surface area (Å²) in [6.07, 6.45) is 0. The second-order valence-electron chi connectivity index (χ2n) is 12.9. The Morgan fingerprint density at radius 2 is 0.980 bits per heavy atom. The molecule has 0 saturated heterocycles. The molecule has 0 nitrogen and oxygen atoms in total. The number of benzene rings is 9. The van der Waals surface area contributed by atoms with Gasteiger partial charge in [0.15, 0.2) is 0 Å². The highest BCUT2D eigenvalue weighted by molar-refractivity contribution is 6.27. The van der Waals surface area contributed by atoms with E-state index in [1.165, 1.54) is 92.8 Å². The van der Waals surface area contributed by atoms with Crippen LogP contribution in [0.3, 0.4) is 0 Å². The summed E-state index contributed by atoms with van der Waals surface area (Å²) in [6.45, 7) is 7.00. The zero-order valence-electron chi connectivity index (χ0n) is 27.5. The summed E-state index contributed by atoms with van der Waals surface area (Å²) in [5.74, 6) is 0. The molecule has 0 aliphatic rings. The van der Waals surface area contributed by atoms with Gasteiger partial charge in [-0.15, -0.1) is 0 Å². The maximum absolute atomic E-state index is 4.68. The molecule has 9 aromatic carbocycles. The molecular weight excluding hydrogens is 589 g/mol. The molecule has 0 amide bonds. The van der Waals surface area contributed by atoms with Crippen LogP contribution in [-0.2, 0) is 0 Å². The SMILES string of the molecule is C=c1ccc2ccccc2/c1=C(\c1cccc(-c2ccccc2)c1)c1cc2c3ccccc3c3ccccc3c2c(C)c1-c1ccccc1. The molecule has 0 heteroatoms. The lowest BCUT2D eigenvalue weighted by Crippen LogP contribution is -2.27. The van der Waals surface area contributed by atoms with Crippen LogP contribution in [0.25, 0.3) is 77.5 Å². The topological polar surface area (TPSA) is 0 Å². The number of hydrogen-bond acceptors (Lipinski definition) is 0. The van der Waals surface area contributed by atoms with Crippen LogP contribution in [0.5, 0.6) is 0 Å². The van der Waals surface area contributed by atoms with Crippen molar-refractivity contribution in [1.29, 1.82) is 0 Å². The minimum Gasteiger partial charge on any atom is -0.0911 e. The predicted molar refractivity (Wildman–Crippen MR) is 211 cm³/mol. The molecule has 0 saturated carbocycles. The van der Waals surface area contributed by atoms with Crippen LogP contribution >= 0.6 is 0 Å². The Balaban J connectivity index is 1.54. The van der Waals surface area contributed by atoms with Gasteiger partial charge in [-0.3, -0.25) is 0 Å². The summed E-state index contributed by atoms with van der Waals surface area (Å²) in [6, 6.07) is 64.0. The second kappa shape index (κ2) is 11.8. The van der Waals surface area contributed by atoms with Gasteiger partial charge in [0.25, 0.3) is 0 Å². The smallest absolute Gasteiger partial charge is 0.00200 e. The zero-order valence-corrected chi connectivity index (χ0v) is 27.5. The lowest BCUT2D eigenvalue weighted by molar-refractivity contribution is 1.45. The molecule has 0 aromatic heterocycles. The quantitative estimate of drug-likeness (QED) is 0.171. The van der Waals surface area contributed by atoms with E-state index in [1.54, 1.807) is 0 Å². The first-order chi connectivity index (χ1) is 24.2. The highest BCUT2D eigenvalue weighted by Gasteiger charge is 2.21.